The van der Waals surface area contributed by atoms with Crippen LogP contribution in [0.1, 0.15) is 0 Å². The molecule has 3 heterocycles. The summed E-state index contributed by atoms with van der Waals surface area (Å²) in [6.45, 7) is 0. The van der Waals surface area contributed by atoms with E-state index in [2.05, 4.69) is 223 Å². The van der Waals surface area contributed by atoms with E-state index in [4.69, 9.17) is 19.4 Å². The van der Waals surface area contributed by atoms with Crippen LogP contribution >= 0.6 is 0 Å². The molecule has 11 aromatic carbocycles. The molecule has 0 atom stereocenters. The van der Waals surface area contributed by atoms with Crippen molar-refractivity contribution < 1.29 is 4.42 Å². The van der Waals surface area contributed by atoms with Gasteiger partial charge >= 0.3 is 0 Å². The molecular formula is C63H38N4O. The average Bonchev–Trinajstić information content (AvgIpc) is 3.94. The van der Waals surface area contributed by atoms with Crippen molar-refractivity contribution in [2.24, 2.45) is 0 Å². The van der Waals surface area contributed by atoms with Gasteiger partial charge in [0.05, 0.1) is 22.3 Å². The largest absolute Gasteiger partial charge is 0.455 e. The summed E-state index contributed by atoms with van der Waals surface area (Å²) in [4.78, 5) is 16.4. The minimum atomic E-state index is 0.551. The maximum atomic E-state index is 6.96. The quantitative estimate of drug-likeness (QED) is 0.167. The van der Waals surface area contributed by atoms with Crippen molar-refractivity contribution in [3.8, 4) is 62.1 Å². The Hall–Kier alpha value is -9.19. The third-order valence-electron chi connectivity index (χ3n) is 13.6. The Balaban J connectivity index is 1.11. The molecule has 0 spiro atoms. The van der Waals surface area contributed by atoms with Crippen LogP contribution in [0.5, 0.6) is 0 Å². The Morgan fingerprint density at radius 1 is 0.309 bits per heavy atom. The molecule has 0 saturated heterocycles. The summed E-state index contributed by atoms with van der Waals surface area (Å²) in [5, 5.41) is 11.2. The Kier molecular flexibility index (Phi) is 8.52. The van der Waals surface area contributed by atoms with Crippen LogP contribution in [0.3, 0.4) is 0 Å². The molecule has 68 heavy (non-hydrogen) atoms. The second kappa shape index (κ2) is 15.2. The first-order valence-corrected chi connectivity index (χ1v) is 23.0. The van der Waals surface area contributed by atoms with Gasteiger partial charge in [0.15, 0.2) is 17.5 Å². The zero-order valence-corrected chi connectivity index (χ0v) is 36.6. The van der Waals surface area contributed by atoms with E-state index in [1.54, 1.807) is 0 Å². The van der Waals surface area contributed by atoms with E-state index < -0.39 is 0 Å². The Bertz CT molecular complexity index is 4210. The van der Waals surface area contributed by atoms with Gasteiger partial charge in [0.25, 0.3) is 0 Å². The summed E-state index contributed by atoms with van der Waals surface area (Å²) in [6.07, 6.45) is 0. The van der Waals surface area contributed by atoms with Crippen molar-refractivity contribution in [2.75, 3.05) is 0 Å². The van der Waals surface area contributed by atoms with Crippen molar-refractivity contribution in [1.82, 2.24) is 19.5 Å². The van der Waals surface area contributed by atoms with E-state index >= 15 is 0 Å². The summed E-state index contributed by atoms with van der Waals surface area (Å²) in [5.74, 6) is 1.71. The van der Waals surface area contributed by atoms with Crippen LogP contribution < -0.4 is 0 Å². The van der Waals surface area contributed by atoms with Crippen LogP contribution in [0.25, 0.3) is 138 Å². The number of rotatable bonds is 6. The molecule has 0 amide bonds. The molecule has 5 nitrogen and oxygen atoms in total. The first kappa shape index (κ1) is 38.1. The van der Waals surface area contributed by atoms with E-state index in [0.717, 1.165) is 88.4 Å². The zero-order chi connectivity index (χ0) is 44.7. The standard InChI is InChI=1S/C63H38N4O/c1-3-14-39(15-4-1)41-26-28-43(29-27-41)61-64-62(49-24-13-23-44(34-49)40-16-5-2-6-17-40)66-63(65-61)59-54(32-33-57-58(59)51-31-30-42-18-11-12-25-50(42)60(51)68-57)67-55-37-47-21-9-7-19-45(47)35-52(55)53-36-46-20-8-10-22-48(46)38-56(53)67/h1-38H. The van der Waals surface area contributed by atoms with Gasteiger partial charge in [-0.05, 0) is 97.7 Å². The van der Waals surface area contributed by atoms with Crippen molar-refractivity contribution >= 4 is 76.1 Å². The molecule has 0 saturated carbocycles. The first-order valence-electron chi connectivity index (χ1n) is 23.0. The third kappa shape index (κ3) is 6.14. The lowest BCUT2D eigenvalue weighted by Crippen LogP contribution is -2.04. The zero-order valence-electron chi connectivity index (χ0n) is 36.6. The van der Waals surface area contributed by atoms with Crippen LogP contribution in [0.4, 0.5) is 0 Å². The summed E-state index contributed by atoms with van der Waals surface area (Å²) in [7, 11) is 0. The van der Waals surface area contributed by atoms with Gasteiger partial charge in [-0.2, -0.15) is 0 Å². The highest BCUT2D eigenvalue weighted by Crippen LogP contribution is 2.45. The molecule has 14 rings (SSSR count). The molecule has 3 aromatic heterocycles. The number of fused-ring (bicyclic) bond motifs is 10. The van der Waals surface area contributed by atoms with Crippen LogP contribution in [-0.2, 0) is 0 Å². The summed E-state index contributed by atoms with van der Waals surface area (Å²) < 4.78 is 9.38. The lowest BCUT2D eigenvalue weighted by molar-refractivity contribution is 0.672. The SMILES string of the molecule is c1ccc(-c2ccc(-c3nc(-c4cccc(-c5ccccc5)c4)nc(-c4c(-n5c6cc7ccccc7cc6c6cc7ccccc7cc65)ccc5oc6c7ccccc7ccc6c45)n3)cc2)cc1. The van der Waals surface area contributed by atoms with Gasteiger partial charge in [-0.3, -0.25) is 0 Å². The van der Waals surface area contributed by atoms with Gasteiger partial charge < -0.3 is 8.98 Å². The van der Waals surface area contributed by atoms with E-state index in [9.17, 15) is 0 Å². The molecule has 0 aliphatic heterocycles. The fourth-order valence-corrected chi connectivity index (χ4v) is 10.3. The molecule has 0 aliphatic carbocycles. The topological polar surface area (TPSA) is 56.7 Å². The van der Waals surface area contributed by atoms with Crippen LogP contribution in [0, 0.1) is 0 Å². The second-order valence-corrected chi connectivity index (χ2v) is 17.6. The van der Waals surface area contributed by atoms with E-state index in [0.29, 0.717) is 17.5 Å². The highest BCUT2D eigenvalue weighted by molar-refractivity contribution is 6.22. The first-order chi connectivity index (χ1) is 33.7. The van der Waals surface area contributed by atoms with E-state index in [1.807, 2.05) is 12.1 Å². The number of benzene rings is 11. The van der Waals surface area contributed by atoms with Crippen molar-refractivity contribution in [3.05, 3.63) is 231 Å². The number of hydrogen-bond acceptors (Lipinski definition) is 4. The van der Waals surface area contributed by atoms with Gasteiger partial charge in [0.2, 0.25) is 0 Å². The Morgan fingerprint density at radius 2 is 0.809 bits per heavy atom. The molecule has 14 aromatic rings. The second-order valence-electron chi connectivity index (χ2n) is 17.6. The molecular weight excluding hydrogens is 829 g/mol. The molecule has 0 N–H and O–H groups in total. The van der Waals surface area contributed by atoms with Gasteiger partial charge in [-0.15, -0.1) is 0 Å². The smallest absolute Gasteiger partial charge is 0.166 e. The van der Waals surface area contributed by atoms with Gasteiger partial charge in [-0.25, -0.2) is 15.0 Å². The lowest BCUT2D eigenvalue weighted by atomic mass is 10.00. The van der Waals surface area contributed by atoms with Crippen molar-refractivity contribution in [3.63, 3.8) is 0 Å². The van der Waals surface area contributed by atoms with Crippen LogP contribution in [0.15, 0.2) is 235 Å². The molecule has 316 valence electrons. The van der Waals surface area contributed by atoms with E-state index in [-0.39, 0.29) is 0 Å². The van der Waals surface area contributed by atoms with Crippen LogP contribution in [0.2, 0.25) is 0 Å². The predicted octanol–water partition coefficient (Wildman–Crippen LogP) is 16.7. The van der Waals surface area contributed by atoms with Gasteiger partial charge in [0, 0.05) is 38.1 Å². The minimum Gasteiger partial charge on any atom is -0.455 e. The molecule has 0 fully saturated rings. The van der Waals surface area contributed by atoms with Crippen molar-refractivity contribution in [2.45, 2.75) is 0 Å². The summed E-state index contributed by atoms with van der Waals surface area (Å²) in [6, 6.07) is 81.7. The highest BCUT2D eigenvalue weighted by Gasteiger charge is 2.26. The highest BCUT2D eigenvalue weighted by atomic mass is 16.3. The Morgan fingerprint density at radius 3 is 1.47 bits per heavy atom. The normalized spacial score (nSPS) is 11.8. The molecule has 0 aliphatic rings. The van der Waals surface area contributed by atoms with Gasteiger partial charge in [-0.1, -0.05) is 182 Å². The van der Waals surface area contributed by atoms with Gasteiger partial charge in [0.1, 0.15) is 11.2 Å². The molecule has 0 radical (unpaired) electrons. The van der Waals surface area contributed by atoms with E-state index in [1.165, 1.54) is 32.3 Å². The number of furan rings is 1. The summed E-state index contributed by atoms with van der Waals surface area (Å²) in [5.41, 5.74) is 11.8. The minimum absolute atomic E-state index is 0.551. The number of aromatic nitrogens is 4. The predicted molar refractivity (Wildman–Crippen MR) is 281 cm³/mol. The fraction of sp³-hybridized carbons (Fsp3) is 0. The van der Waals surface area contributed by atoms with Crippen LogP contribution in [-0.4, -0.2) is 19.5 Å². The maximum absolute atomic E-state index is 6.96. The molecule has 0 unspecified atom stereocenters. The van der Waals surface area contributed by atoms with Crippen molar-refractivity contribution in [1.29, 1.82) is 0 Å². The maximum Gasteiger partial charge on any atom is 0.166 e. The Labute approximate surface area is 390 Å². The average molecular weight is 867 g/mol. The third-order valence-corrected chi connectivity index (χ3v) is 13.6. The number of hydrogen-bond donors (Lipinski definition) is 0. The molecule has 0 bridgehead atoms. The molecule has 5 heteroatoms. The monoisotopic (exact) mass is 866 g/mol. The lowest BCUT2D eigenvalue weighted by Gasteiger charge is -2.16. The fourth-order valence-electron chi connectivity index (χ4n) is 10.3. The number of nitrogens with zero attached hydrogens (tertiary/aromatic N) is 4. The summed E-state index contributed by atoms with van der Waals surface area (Å²) >= 11 is 0.